The number of aromatic amines is 1. The van der Waals surface area contributed by atoms with Gasteiger partial charge in [0.25, 0.3) is 0 Å². The molecule has 0 amide bonds. The van der Waals surface area contributed by atoms with Crippen LogP contribution in [-0.4, -0.2) is 38.7 Å². The van der Waals surface area contributed by atoms with Gasteiger partial charge in [-0.05, 0) is 37.1 Å². The Bertz CT molecular complexity index is 1180. The Hall–Kier alpha value is -3.99. The molecule has 0 aliphatic heterocycles. The van der Waals surface area contributed by atoms with Crippen molar-refractivity contribution < 1.29 is 0 Å². The smallest absolute Gasteiger partial charge is 0.163 e. The molecule has 0 saturated heterocycles. The standard InChI is InChI=1S/C21H20N8/c1-29(11-5-9-18-16(12-22)19(23)28-27-18)21-15-7-2-3-8-17(15)25-20(26-21)14-6-4-10-24-13-14/h2-4,6-8,10,13H,5,9,11H2,1H3,(H3,23,27,28). The first-order valence-electron chi connectivity index (χ1n) is 9.28. The molecule has 8 heteroatoms. The average molecular weight is 384 g/mol. The highest BCUT2D eigenvalue weighted by atomic mass is 15.2. The predicted octanol–water partition coefficient (Wildman–Crippen LogP) is 2.94. The van der Waals surface area contributed by atoms with E-state index in [1.807, 2.05) is 43.4 Å². The summed E-state index contributed by atoms with van der Waals surface area (Å²) in [5.41, 5.74) is 8.67. The fraction of sp³-hybridized carbons (Fsp3) is 0.190. The number of nitriles is 1. The molecule has 3 N–H and O–H groups in total. The molecule has 0 spiro atoms. The number of anilines is 2. The average Bonchev–Trinajstić information content (AvgIpc) is 3.12. The molecular formula is C21H20N8. The van der Waals surface area contributed by atoms with Crippen LogP contribution in [0.15, 0.2) is 48.8 Å². The molecule has 1 aromatic carbocycles. The molecule has 29 heavy (non-hydrogen) atoms. The number of para-hydroxylation sites is 1. The summed E-state index contributed by atoms with van der Waals surface area (Å²) in [5, 5.41) is 17.0. The summed E-state index contributed by atoms with van der Waals surface area (Å²) >= 11 is 0. The van der Waals surface area contributed by atoms with E-state index >= 15 is 0 Å². The van der Waals surface area contributed by atoms with Gasteiger partial charge in [-0.2, -0.15) is 10.4 Å². The summed E-state index contributed by atoms with van der Waals surface area (Å²) in [5.74, 6) is 1.75. The summed E-state index contributed by atoms with van der Waals surface area (Å²) in [6.45, 7) is 0.747. The minimum absolute atomic E-state index is 0.249. The van der Waals surface area contributed by atoms with Crippen LogP contribution >= 0.6 is 0 Å². The lowest BCUT2D eigenvalue weighted by Gasteiger charge is -2.20. The van der Waals surface area contributed by atoms with Gasteiger partial charge in [-0.15, -0.1) is 0 Å². The van der Waals surface area contributed by atoms with Crippen molar-refractivity contribution in [2.45, 2.75) is 12.8 Å². The molecule has 144 valence electrons. The van der Waals surface area contributed by atoms with E-state index in [1.165, 1.54) is 0 Å². The Morgan fingerprint density at radius 1 is 1.17 bits per heavy atom. The lowest BCUT2D eigenvalue weighted by Crippen LogP contribution is -2.21. The first-order valence-corrected chi connectivity index (χ1v) is 9.28. The minimum atomic E-state index is 0.249. The van der Waals surface area contributed by atoms with Crippen molar-refractivity contribution in [3.05, 3.63) is 60.0 Å². The number of pyridine rings is 1. The largest absolute Gasteiger partial charge is 0.381 e. The highest BCUT2D eigenvalue weighted by Crippen LogP contribution is 2.27. The second kappa shape index (κ2) is 7.94. The van der Waals surface area contributed by atoms with Gasteiger partial charge in [-0.1, -0.05) is 12.1 Å². The fourth-order valence-corrected chi connectivity index (χ4v) is 3.27. The molecule has 0 radical (unpaired) electrons. The van der Waals surface area contributed by atoms with Crippen LogP contribution < -0.4 is 10.6 Å². The van der Waals surface area contributed by atoms with Gasteiger partial charge in [0.15, 0.2) is 11.6 Å². The number of aryl methyl sites for hydroxylation is 1. The van der Waals surface area contributed by atoms with Crippen molar-refractivity contribution >= 4 is 22.5 Å². The van der Waals surface area contributed by atoms with Crippen molar-refractivity contribution in [2.75, 3.05) is 24.2 Å². The maximum Gasteiger partial charge on any atom is 0.163 e. The molecule has 0 bridgehead atoms. The molecule has 8 nitrogen and oxygen atoms in total. The van der Waals surface area contributed by atoms with Crippen molar-refractivity contribution in [2.24, 2.45) is 0 Å². The summed E-state index contributed by atoms with van der Waals surface area (Å²) in [7, 11) is 2.01. The maximum absolute atomic E-state index is 9.21. The van der Waals surface area contributed by atoms with Crippen LogP contribution in [0, 0.1) is 11.3 Å². The van der Waals surface area contributed by atoms with E-state index in [2.05, 4.69) is 26.2 Å². The van der Waals surface area contributed by atoms with E-state index in [0.717, 1.165) is 40.9 Å². The number of fused-ring (bicyclic) bond motifs is 1. The Kier molecular flexibility index (Phi) is 5.03. The second-order valence-corrected chi connectivity index (χ2v) is 6.73. The van der Waals surface area contributed by atoms with Crippen LogP contribution in [-0.2, 0) is 6.42 Å². The van der Waals surface area contributed by atoms with Crippen LogP contribution in [0.25, 0.3) is 22.3 Å². The lowest BCUT2D eigenvalue weighted by atomic mass is 10.1. The number of hydrogen-bond donors (Lipinski definition) is 2. The van der Waals surface area contributed by atoms with Crippen molar-refractivity contribution in [1.82, 2.24) is 25.1 Å². The second-order valence-electron chi connectivity index (χ2n) is 6.73. The normalized spacial score (nSPS) is 10.8. The molecule has 3 heterocycles. The van der Waals surface area contributed by atoms with Gasteiger partial charge in [-0.3, -0.25) is 10.1 Å². The number of benzene rings is 1. The number of H-pyrrole nitrogens is 1. The van der Waals surface area contributed by atoms with Crippen molar-refractivity contribution in [3.8, 4) is 17.5 Å². The van der Waals surface area contributed by atoms with E-state index in [1.54, 1.807) is 12.4 Å². The number of aromatic nitrogens is 5. The van der Waals surface area contributed by atoms with Crippen molar-refractivity contribution in [1.29, 1.82) is 5.26 Å². The SMILES string of the molecule is CN(CCCc1[nH]nc(N)c1C#N)c1nc(-c2cccnc2)nc2ccccc12. The number of nitrogens with one attached hydrogen (secondary N) is 1. The third kappa shape index (κ3) is 3.71. The molecule has 3 aromatic heterocycles. The van der Waals surface area contributed by atoms with E-state index in [9.17, 15) is 5.26 Å². The molecule has 0 aliphatic carbocycles. The van der Waals surface area contributed by atoms with Gasteiger partial charge in [0.2, 0.25) is 0 Å². The van der Waals surface area contributed by atoms with Gasteiger partial charge < -0.3 is 10.6 Å². The maximum atomic E-state index is 9.21. The molecule has 0 unspecified atom stereocenters. The zero-order valence-corrected chi connectivity index (χ0v) is 16.0. The monoisotopic (exact) mass is 384 g/mol. The van der Waals surface area contributed by atoms with Gasteiger partial charge in [0.1, 0.15) is 17.5 Å². The number of nitrogen functional groups attached to an aromatic ring is 1. The third-order valence-corrected chi connectivity index (χ3v) is 4.77. The van der Waals surface area contributed by atoms with E-state index in [4.69, 9.17) is 15.7 Å². The number of nitrogens with zero attached hydrogens (tertiary/aromatic N) is 6. The molecule has 0 atom stereocenters. The van der Waals surface area contributed by atoms with E-state index in [-0.39, 0.29) is 5.82 Å². The lowest BCUT2D eigenvalue weighted by molar-refractivity contribution is 0.761. The fourth-order valence-electron chi connectivity index (χ4n) is 3.27. The van der Waals surface area contributed by atoms with Gasteiger partial charge >= 0.3 is 0 Å². The Balaban J connectivity index is 1.59. The summed E-state index contributed by atoms with van der Waals surface area (Å²) in [6.07, 6.45) is 4.98. The molecule has 4 rings (SSSR count). The molecular weight excluding hydrogens is 364 g/mol. The van der Waals surface area contributed by atoms with Crippen LogP contribution in [0.3, 0.4) is 0 Å². The van der Waals surface area contributed by atoms with Gasteiger partial charge in [0.05, 0.1) is 11.2 Å². The molecule has 0 aliphatic rings. The first kappa shape index (κ1) is 18.4. The third-order valence-electron chi connectivity index (χ3n) is 4.77. The number of nitrogens with two attached hydrogens (primary N) is 1. The topological polar surface area (TPSA) is 120 Å². The van der Waals surface area contributed by atoms with Crippen LogP contribution in [0.5, 0.6) is 0 Å². The van der Waals surface area contributed by atoms with Gasteiger partial charge in [0, 0.05) is 36.9 Å². The number of rotatable bonds is 6. The summed E-state index contributed by atoms with van der Waals surface area (Å²) in [4.78, 5) is 15.8. The summed E-state index contributed by atoms with van der Waals surface area (Å²) < 4.78 is 0. The zero-order valence-electron chi connectivity index (χ0n) is 16.0. The first-order chi connectivity index (χ1) is 14.2. The van der Waals surface area contributed by atoms with E-state index < -0.39 is 0 Å². The van der Waals surface area contributed by atoms with E-state index in [0.29, 0.717) is 17.8 Å². The number of hydrogen-bond acceptors (Lipinski definition) is 7. The Labute approximate surface area is 168 Å². The highest BCUT2D eigenvalue weighted by Gasteiger charge is 2.14. The summed E-state index contributed by atoms with van der Waals surface area (Å²) in [6, 6.07) is 13.9. The zero-order chi connectivity index (χ0) is 20.2. The van der Waals surface area contributed by atoms with Crippen LogP contribution in [0.4, 0.5) is 11.6 Å². The van der Waals surface area contributed by atoms with Crippen molar-refractivity contribution in [3.63, 3.8) is 0 Å². The Morgan fingerprint density at radius 3 is 2.83 bits per heavy atom. The van der Waals surface area contributed by atoms with Crippen LogP contribution in [0.1, 0.15) is 17.7 Å². The predicted molar refractivity (Wildman–Crippen MR) is 112 cm³/mol. The quantitative estimate of drug-likeness (QED) is 0.524. The van der Waals surface area contributed by atoms with Crippen LogP contribution in [0.2, 0.25) is 0 Å². The minimum Gasteiger partial charge on any atom is -0.381 e. The highest BCUT2D eigenvalue weighted by molar-refractivity contribution is 5.90. The van der Waals surface area contributed by atoms with Gasteiger partial charge in [-0.25, -0.2) is 9.97 Å². The Morgan fingerprint density at radius 2 is 2.03 bits per heavy atom. The molecule has 0 saturated carbocycles. The molecule has 0 fully saturated rings. The molecule has 4 aromatic rings.